The van der Waals surface area contributed by atoms with E-state index in [0.717, 1.165) is 37.4 Å². The van der Waals surface area contributed by atoms with Gasteiger partial charge in [-0.2, -0.15) is 0 Å². The van der Waals surface area contributed by atoms with Crippen molar-refractivity contribution in [3.05, 3.63) is 106 Å². The average Bonchev–Trinajstić information content (AvgIpc) is 3.30. The molecule has 4 aromatic carbocycles. The molecule has 35 heavy (non-hydrogen) atoms. The molecule has 0 unspecified atom stereocenters. The number of fused-ring (bicyclic) bond motifs is 1. The minimum absolute atomic E-state index is 0.480. The Balaban J connectivity index is 1.26. The Morgan fingerprint density at radius 1 is 0.914 bits per heavy atom. The van der Waals surface area contributed by atoms with Gasteiger partial charge in [0.2, 0.25) is 0 Å². The lowest BCUT2D eigenvalue weighted by Crippen LogP contribution is -2.02. The molecule has 6 heteroatoms. The summed E-state index contributed by atoms with van der Waals surface area (Å²) in [6, 6.07) is 29.0. The fourth-order valence-corrected chi connectivity index (χ4v) is 5.51. The van der Waals surface area contributed by atoms with Gasteiger partial charge in [0.1, 0.15) is 11.6 Å². The van der Waals surface area contributed by atoms with Gasteiger partial charge in [-0.05, 0) is 88.1 Å². The number of hydrogen-bond acceptors (Lipinski definition) is 5. The van der Waals surface area contributed by atoms with Crippen molar-refractivity contribution in [3.63, 3.8) is 0 Å². The van der Waals surface area contributed by atoms with E-state index in [9.17, 15) is 0 Å². The van der Waals surface area contributed by atoms with E-state index in [4.69, 9.17) is 14.5 Å². The highest BCUT2D eigenvalue weighted by Crippen LogP contribution is 2.37. The summed E-state index contributed by atoms with van der Waals surface area (Å²) in [5, 5.41) is 4.53. The maximum atomic E-state index is 6.05. The zero-order valence-electron chi connectivity index (χ0n) is 19.5. The van der Waals surface area contributed by atoms with E-state index in [0.29, 0.717) is 24.7 Å². The van der Waals surface area contributed by atoms with E-state index in [1.54, 1.807) is 18.4 Å². The first-order valence-corrected chi connectivity index (χ1v) is 12.9. The second-order valence-electron chi connectivity index (χ2n) is 8.30. The molecular formula is C29H25BrN2O2S. The van der Waals surface area contributed by atoms with Gasteiger partial charge in [-0.15, -0.1) is 11.3 Å². The Morgan fingerprint density at radius 2 is 1.71 bits per heavy atom. The smallest absolute Gasteiger partial charge is 0.175 e. The summed E-state index contributed by atoms with van der Waals surface area (Å²) in [7, 11) is 1.66. The van der Waals surface area contributed by atoms with Crippen molar-refractivity contribution < 1.29 is 9.47 Å². The molecule has 0 aliphatic heterocycles. The van der Waals surface area contributed by atoms with Crippen molar-refractivity contribution in [2.75, 3.05) is 12.4 Å². The third-order valence-corrected chi connectivity index (χ3v) is 7.34. The Kier molecular flexibility index (Phi) is 7.02. The number of benzene rings is 4. The average molecular weight is 546 g/mol. The van der Waals surface area contributed by atoms with Crippen LogP contribution < -0.4 is 14.8 Å². The molecule has 4 nitrogen and oxygen atoms in total. The van der Waals surface area contributed by atoms with E-state index in [1.807, 2.05) is 36.4 Å². The van der Waals surface area contributed by atoms with Gasteiger partial charge in [0.25, 0.3) is 0 Å². The summed E-state index contributed by atoms with van der Waals surface area (Å²) in [5.41, 5.74) is 6.67. The number of ether oxygens (including phenoxy) is 2. The second kappa shape index (κ2) is 10.5. The van der Waals surface area contributed by atoms with Crippen LogP contribution in [0, 0.1) is 6.92 Å². The first kappa shape index (κ1) is 23.4. The Morgan fingerprint density at radius 3 is 2.49 bits per heavy atom. The Bertz CT molecular complexity index is 1450. The molecule has 0 spiro atoms. The predicted octanol–water partition coefficient (Wildman–Crippen LogP) is 8.23. The quantitative estimate of drug-likeness (QED) is 0.213. The van der Waals surface area contributed by atoms with E-state index < -0.39 is 0 Å². The maximum absolute atomic E-state index is 6.05. The van der Waals surface area contributed by atoms with Crippen LogP contribution in [0.5, 0.6) is 11.5 Å². The molecule has 0 saturated carbocycles. The minimum atomic E-state index is 0.480. The first-order valence-electron chi connectivity index (χ1n) is 11.3. The number of hydrogen-bond donors (Lipinski definition) is 1. The predicted molar refractivity (Wildman–Crippen MR) is 149 cm³/mol. The molecule has 5 rings (SSSR count). The van der Waals surface area contributed by atoms with Crippen molar-refractivity contribution in [1.29, 1.82) is 0 Å². The molecule has 1 N–H and O–H groups in total. The summed E-state index contributed by atoms with van der Waals surface area (Å²) < 4.78 is 13.8. The molecule has 0 amide bonds. The number of thiazole rings is 1. The normalized spacial score (nSPS) is 10.9. The van der Waals surface area contributed by atoms with Crippen molar-refractivity contribution in [1.82, 2.24) is 4.98 Å². The summed E-state index contributed by atoms with van der Waals surface area (Å²) in [5.74, 6) is 1.41. The Hall–Kier alpha value is -3.35. The summed E-state index contributed by atoms with van der Waals surface area (Å²) in [4.78, 5) is 4.79. The van der Waals surface area contributed by atoms with E-state index in [1.165, 1.54) is 10.3 Å². The van der Waals surface area contributed by atoms with Crippen molar-refractivity contribution in [3.8, 4) is 22.1 Å². The van der Waals surface area contributed by atoms with E-state index in [-0.39, 0.29) is 0 Å². The van der Waals surface area contributed by atoms with Crippen LogP contribution in [0.25, 0.3) is 20.8 Å². The van der Waals surface area contributed by atoms with Crippen LogP contribution in [0.3, 0.4) is 0 Å². The molecular weight excluding hydrogens is 520 g/mol. The number of aromatic nitrogens is 1. The van der Waals surface area contributed by atoms with Crippen LogP contribution in [0.15, 0.2) is 89.4 Å². The molecule has 0 fully saturated rings. The lowest BCUT2D eigenvalue weighted by molar-refractivity contribution is 0.282. The van der Waals surface area contributed by atoms with Crippen LogP contribution in [0.2, 0.25) is 0 Å². The van der Waals surface area contributed by atoms with Gasteiger partial charge in [-0.3, -0.25) is 0 Å². The number of anilines is 1. The van der Waals surface area contributed by atoms with Crippen molar-refractivity contribution in [2.45, 2.75) is 20.1 Å². The maximum Gasteiger partial charge on any atom is 0.175 e. The molecule has 0 aliphatic carbocycles. The number of aryl methyl sites for hydroxylation is 1. The largest absolute Gasteiger partial charge is 0.493 e. The van der Waals surface area contributed by atoms with Crippen molar-refractivity contribution in [2.24, 2.45) is 0 Å². The zero-order valence-corrected chi connectivity index (χ0v) is 21.9. The van der Waals surface area contributed by atoms with E-state index >= 15 is 0 Å². The van der Waals surface area contributed by atoms with Gasteiger partial charge in [-0.1, -0.05) is 36.4 Å². The lowest BCUT2D eigenvalue weighted by Gasteiger charge is -2.15. The number of nitrogens with zero attached hydrogens (tertiary/aromatic N) is 1. The third-order valence-electron chi connectivity index (χ3n) is 5.69. The fourth-order valence-electron chi connectivity index (χ4n) is 3.84. The van der Waals surface area contributed by atoms with Gasteiger partial charge in [0, 0.05) is 17.8 Å². The number of rotatable bonds is 8. The molecule has 0 radical (unpaired) electrons. The van der Waals surface area contributed by atoms with Crippen LogP contribution in [0.1, 0.15) is 16.7 Å². The number of halogens is 1. The molecule has 0 aliphatic rings. The van der Waals surface area contributed by atoms with Crippen LogP contribution in [-0.4, -0.2) is 12.1 Å². The highest BCUT2D eigenvalue weighted by atomic mass is 79.9. The van der Waals surface area contributed by atoms with E-state index in [2.05, 4.69) is 76.7 Å². The monoisotopic (exact) mass is 544 g/mol. The summed E-state index contributed by atoms with van der Waals surface area (Å²) in [6.07, 6.45) is 0. The number of nitrogens with one attached hydrogen (secondary N) is 1. The van der Waals surface area contributed by atoms with Crippen LogP contribution >= 0.6 is 27.3 Å². The molecule has 5 aromatic rings. The van der Waals surface area contributed by atoms with Gasteiger partial charge >= 0.3 is 0 Å². The molecule has 0 atom stereocenters. The molecule has 0 saturated heterocycles. The fraction of sp³-hybridized carbons (Fsp3) is 0.138. The van der Waals surface area contributed by atoms with Gasteiger partial charge in [0.05, 0.1) is 21.8 Å². The Labute approximate surface area is 217 Å². The topological polar surface area (TPSA) is 43.4 Å². The third kappa shape index (κ3) is 5.50. The van der Waals surface area contributed by atoms with Gasteiger partial charge < -0.3 is 14.8 Å². The molecule has 176 valence electrons. The SMILES string of the molecule is COc1cc(CNc2ccc(-c3nc4ccc(C)cc4s3)cc2)cc(Br)c1OCc1ccccc1. The van der Waals surface area contributed by atoms with Crippen molar-refractivity contribution >= 4 is 43.2 Å². The lowest BCUT2D eigenvalue weighted by atomic mass is 10.1. The minimum Gasteiger partial charge on any atom is -0.493 e. The van der Waals surface area contributed by atoms with Crippen LogP contribution in [-0.2, 0) is 13.2 Å². The first-order chi connectivity index (χ1) is 17.1. The molecule has 1 heterocycles. The van der Waals surface area contributed by atoms with Gasteiger partial charge in [-0.25, -0.2) is 4.98 Å². The highest BCUT2D eigenvalue weighted by Gasteiger charge is 2.12. The number of methoxy groups -OCH3 is 1. The summed E-state index contributed by atoms with van der Waals surface area (Å²) >= 11 is 5.38. The molecule has 0 bridgehead atoms. The van der Waals surface area contributed by atoms with Crippen LogP contribution in [0.4, 0.5) is 5.69 Å². The zero-order chi connectivity index (χ0) is 24.2. The van der Waals surface area contributed by atoms with Gasteiger partial charge in [0.15, 0.2) is 11.5 Å². The highest BCUT2D eigenvalue weighted by molar-refractivity contribution is 9.10. The molecule has 1 aromatic heterocycles. The standard InChI is InChI=1S/C29H25BrN2O2S/c1-19-8-13-25-27(14-19)35-29(32-25)22-9-11-23(12-10-22)31-17-21-15-24(30)28(26(16-21)33-2)34-18-20-6-4-3-5-7-20/h3-16,31H,17-18H2,1-2H3. The second-order valence-corrected chi connectivity index (χ2v) is 10.2. The summed E-state index contributed by atoms with van der Waals surface area (Å²) in [6.45, 7) is 3.25.